The molecule has 34 heavy (non-hydrogen) atoms. The molecule has 0 aliphatic rings. The van der Waals surface area contributed by atoms with Gasteiger partial charge in [0.15, 0.2) is 5.82 Å². The summed E-state index contributed by atoms with van der Waals surface area (Å²) in [6, 6.07) is 13.6. The minimum Gasteiger partial charge on any atom is -0.478 e. The highest BCUT2D eigenvalue weighted by Crippen LogP contribution is 2.29. The predicted octanol–water partition coefficient (Wildman–Crippen LogP) is 8.00. The number of nitrogens with zero attached hydrogens (tertiary/aromatic N) is 2. The third-order valence-corrected chi connectivity index (χ3v) is 6.58. The van der Waals surface area contributed by atoms with Crippen LogP contribution in [0.25, 0.3) is 22.5 Å². The topological polar surface area (TPSA) is 63.1 Å². The Balaban J connectivity index is 1.75. The molecule has 0 aliphatic heterocycles. The van der Waals surface area contributed by atoms with E-state index in [9.17, 15) is 9.90 Å². The van der Waals surface area contributed by atoms with Crippen molar-refractivity contribution in [2.75, 3.05) is 0 Å². The van der Waals surface area contributed by atoms with Crippen LogP contribution >= 0.6 is 0 Å². The summed E-state index contributed by atoms with van der Waals surface area (Å²) in [5.74, 6) is 0.323. The maximum absolute atomic E-state index is 11.9. The van der Waals surface area contributed by atoms with Crippen LogP contribution in [0.3, 0.4) is 0 Å². The maximum Gasteiger partial charge on any atom is 0.336 e. The van der Waals surface area contributed by atoms with Crippen LogP contribution in [0.5, 0.6) is 0 Å². The molecule has 1 atom stereocenters. The van der Waals surface area contributed by atoms with Crippen LogP contribution in [0, 0.1) is 5.92 Å². The highest BCUT2D eigenvalue weighted by Gasteiger charge is 2.14. The molecule has 0 amide bonds. The number of aromatic nitrogens is 2. The summed E-state index contributed by atoms with van der Waals surface area (Å²) in [6.45, 7) is 6.69. The zero-order chi connectivity index (χ0) is 24.3. The van der Waals surface area contributed by atoms with Crippen LogP contribution in [0.1, 0.15) is 87.2 Å². The summed E-state index contributed by atoms with van der Waals surface area (Å²) >= 11 is 0. The van der Waals surface area contributed by atoms with E-state index in [1.54, 1.807) is 12.1 Å². The zero-order valence-electron chi connectivity index (χ0n) is 20.9. The van der Waals surface area contributed by atoms with E-state index >= 15 is 0 Å². The number of rotatable bonds is 13. The van der Waals surface area contributed by atoms with Gasteiger partial charge in [-0.2, -0.15) is 0 Å². The van der Waals surface area contributed by atoms with Crippen LogP contribution in [0.2, 0.25) is 0 Å². The lowest BCUT2D eigenvalue weighted by atomic mass is 9.94. The first-order valence-electron chi connectivity index (χ1n) is 12.8. The van der Waals surface area contributed by atoms with Gasteiger partial charge in [-0.25, -0.2) is 14.8 Å². The van der Waals surface area contributed by atoms with E-state index in [1.807, 2.05) is 30.6 Å². The molecule has 2 aromatic carbocycles. The van der Waals surface area contributed by atoms with Crippen molar-refractivity contribution in [3.05, 3.63) is 71.5 Å². The fourth-order valence-electron chi connectivity index (χ4n) is 4.22. The maximum atomic E-state index is 11.9. The van der Waals surface area contributed by atoms with Crippen molar-refractivity contribution in [3.8, 4) is 22.5 Å². The number of carbonyl (C=O) groups is 1. The van der Waals surface area contributed by atoms with Crippen molar-refractivity contribution in [1.82, 2.24) is 9.97 Å². The standard InChI is InChI=1S/C30H38N2O2/c1-4-6-7-8-9-10-11-24-20-31-29(32-21-24)26-16-17-27(30(33)34)28(19-26)25-14-12-23(13-15-25)18-22(3)5-2/h12-17,19-22H,4-11,18H2,1-3H3,(H,33,34). The van der Waals surface area contributed by atoms with Gasteiger partial charge in [0.2, 0.25) is 0 Å². The molecule has 3 rings (SSSR count). The van der Waals surface area contributed by atoms with Gasteiger partial charge in [0.1, 0.15) is 0 Å². The monoisotopic (exact) mass is 458 g/mol. The van der Waals surface area contributed by atoms with Crippen molar-refractivity contribution in [2.24, 2.45) is 5.92 Å². The summed E-state index contributed by atoms with van der Waals surface area (Å²) in [7, 11) is 0. The minimum atomic E-state index is -0.930. The Labute approximate surface area is 204 Å². The third-order valence-electron chi connectivity index (χ3n) is 6.58. The normalized spacial score (nSPS) is 12.0. The van der Waals surface area contributed by atoms with Crippen LogP contribution in [-0.4, -0.2) is 21.0 Å². The second-order valence-corrected chi connectivity index (χ2v) is 9.41. The molecule has 0 radical (unpaired) electrons. The Morgan fingerprint density at radius 3 is 2.15 bits per heavy atom. The van der Waals surface area contributed by atoms with Gasteiger partial charge in [-0.1, -0.05) is 89.6 Å². The van der Waals surface area contributed by atoms with Gasteiger partial charge in [-0.3, -0.25) is 0 Å². The lowest BCUT2D eigenvalue weighted by Crippen LogP contribution is -2.01. The summed E-state index contributed by atoms with van der Waals surface area (Å²) in [5, 5.41) is 9.75. The average Bonchev–Trinajstić information content (AvgIpc) is 2.86. The average molecular weight is 459 g/mol. The molecule has 0 spiro atoms. The highest BCUT2D eigenvalue weighted by molar-refractivity contribution is 5.97. The number of carboxylic acids is 1. The van der Waals surface area contributed by atoms with Crippen LogP contribution in [0.4, 0.5) is 0 Å². The first-order chi connectivity index (χ1) is 16.5. The molecule has 1 unspecified atom stereocenters. The first kappa shape index (κ1) is 25.6. The van der Waals surface area contributed by atoms with E-state index in [1.165, 1.54) is 37.7 Å². The molecule has 4 nitrogen and oxygen atoms in total. The molecule has 180 valence electrons. The Kier molecular flexibility index (Phi) is 9.81. The molecule has 0 saturated heterocycles. The van der Waals surface area contributed by atoms with Crippen molar-refractivity contribution in [2.45, 2.75) is 78.6 Å². The van der Waals surface area contributed by atoms with Crippen LogP contribution < -0.4 is 0 Å². The van der Waals surface area contributed by atoms with Crippen molar-refractivity contribution in [3.63, 3.8) is 0 Å². The van der Waals surface area contributed by atoms with Gasteiger partial charge >= 0.3 is 5.97 Å². The van der Waals surface area contributed by atoms with E-state index in [-0.39, 0.29) is 5.56 Å². The van der Waals surface area contributed by atoms with Gasteiger partial charge in [0, 0.05) is 18.0 Å². The van der Waals surface area contributed by atoms with Crippen molar-refractivity contribution >= 4 is 5.97 Å². The molecule has 4 heteroatoms. The number of hydrogen-bond acceptors (Lipinski definition) is 3. The molecular weight excluding hydrogens is 420 g/mol. The van der Waals surface area contributed by atoms with E-state index in [0.717, 1.165) is 42.4 Å². The van der Waals surface area contributed by atoms with E-state index < -0.39 is 5.97 Å². The molecule has 1 heterocycles. The fraction of sp³-hybridized carbons (Fsp3) is 0.433. The minimum absolute atomic E-state index is 0.290. The third kappa shape index (κ3) is 7.24. The van der Waals surface area contributed by atoms with Gasteiger partial charge < -0.3 is 5.11 Å². The number of hydrogen-bond donors (Lipinski definition) is 1. The number of benzene rings is 2. The summed E-state index contributed by atoms with van der Waals surface area (Å²) < 4.78 is 0. The zero-order valence-corrected chi connectivity index (χ0v) is 20.9. The molecule has 0 saturated carbocycles. The molecule has 0 aliphatic carbocycles. The summed E-state index contributed by atoms with van der Waals surface area (Å²) in [6.07, 6.45) is 14.6. The van der Waals surface area contributed by atoms with Gasteiger partial charge in [0.25, 0.3) is 0 Å². The van der Waals surface area contributed by atoms with E-state index in [0.29, 0.717) is 17.3 Å². The highest BCUT2D eigenvalue weighted by atomic mass is 16.4. The lowest BCUT2D eigenvalue weighted by molar-refractivity contribution is 0.0697. The van der Waals surface area contributed by atoms with E-state index in [2.05, 4.69) is 42.9 Å². The molecule has 0 fully saturated rings. The van der Waals surface area contributed by atoms with Gasteiger partial charge in [0.05, 0.1) is 5.56 Å². The lowest BCUT2D eigenvalue weighted by Gasteiger charge is -2.12. The summed E-state index contributed by atoms with van der Waals surface area (Å²) in [5.41, 5.74) is 5.13. The smallest absolute Gasteiger partial charge is 0.336 e. The fourth-order valence-corrected chi connectivity index (χ4v) is 4.22. The van der Waals surface area contributed by atoms with Gasteiger partial charge in [-0.15, -0.1) is 0 Å². The molecule has 3 aromatic rings. The quantitative estimate of drug-likeness (QED) is 0.264. The van der Waals surface area contributed by atoms with Crippen LogP contribution in [0.15, 0.2) is 54.9 Å². The molecular formula is C30H38N2O2. The SMILES string of the molecule is CCCCCCCCc1cnc(-c2ccc(C(=O)O)c(-c3ccc(CC(C)CC)cc3)c2)nc1. The second kappa shape index (κ2) is 13.0. The Bertz CT molecular complexity index is 1040. The predicted molar refractivity (Wildman–Crippen MR) is 140 cm³/mol. The van der Waals surface area contributed by atoms with Crippen LogP contribution in [-0.2, 0) is 12.8 Å². The van der Waals surface area contributed by atoms with Crippen molar-refractivity contribution in [1.29, 1.82) is 0 Å². The Morgan fingerprint density at radius 2 is 1.50 bits per heavy atom. The Morgan fingerprint density at radius 1 is 0.853 bits per heavy atom. The number of aryl methyl sites for hydroxylation is 1. The first-order valence-corrected chi connectivity index (χ1v) is 12.8. The largest absolute Gasteiger partial charge is 0.478 e. The molecule has 1 N–H and O–H groups in total. The van der Waals surface area contributed by atoms with Crippen molar-refractivity contribution < 1.29 is 9.90 Å². The van der Waals surface area contributed by atoms with Gasteiger partial charge in [-0.05, 0) is 59.6 Å². The summed E-state index contributed by atoms with van der Waals surface area (Å²) in [4.78, 5) is 21.1. The molecule has 0 bridgehead atoms. The second-order valence-electron chi connectivity index (χ2n) is 9.41. The Hall–Kier alpha value is -3.01. The number of carboxylic acid groups (broad SMARTS) is 1. The number of aromatic carboxylic acids is 1. The van der Waals surface area contributed by atoms with E-state index in [4.69, 9.17) is 0 Å². The number of unbranched alkanes of at least 4 members (excludes halogenated alkanes) is 5. The molecule has 1 aromatic heterocycles.